The molecule has 0 atom stereocenters. The third kappa shape index (κ3) is 1.82. The van der Waals surface area contributed by atoms with Crippen LogP contribution < -0.4 is 4.90 Å². The highest BCUT2D eigenvalue weighted by Gasteiger charge is 2.28. The Morgan fingerprint density at radius 2 is 2.25 bits per heavy atom. The quantitative estimate of drug-likeness (QED) is 0.574. The molecule has 1 aromatic carbocycles. The number of hydrogen-bond acceptors (Lipinski definition) is 4. The Morgan fingerprint density at radius 3 is 2.75 bits per heavy atom. The highest BCUT2D eigenvalue weighted by Crippen LogP contribution is 2.33. The fourth-order valence-electron chi connectivity index (χ4n) is 1.69. The third-order valence-corrected chi connectivity index (χ3v) is 2.79. The largest absolute Gasteiger partial charge is 0.371 e. The first-order chi connectivity index (χ1) is 7.63. The number of rotatable bonds is 3. The molecule has 0 amide bonds. The van der Waals surface area contributed by atoms with Crippen molar-refractivity contribution in [2.45, 2.75) is 18.9 Å². The van der Waals surface area contributed by atoms with Crippen molar-refractivity contribution < 1.29 is 4.92 Å². The van der Waals surface area contributed by atoms with Crippen LogP contribution in [-0.2, 0) is 0 Å². The van der Waals surface area contributed by atoms with Crippen molar-refractivity contribution in [2.75, 3.05) is 11.9 Å². The molecule has 1 aromatic rings. The summed E-state index contributed by atoms with van der Waals surface area (Å²) in [7, 11) is 1.92. The lowest BCUT2D eigenvalue weighted by atomic mass is 10.1. The Hall–Kier alpha value is -2.09. The van der Waals surface area contributed by atoms with Crippen LogP contribution in [0.1, 0.15) is 18.4 Å². The highest BCUT2D eigenvalue weighted by molar-refractivity contribution is 5.63. The van der Waals surface area contributed by atoms with Crippen LogP contribution in [0.4, 0.5) is 11.4 Å². The minimum atomic E-state index is -0.484. The van der Waals surface area contributed by atoms with E-state index in [2.05, 4.69) is 0 Å². The number of nitrogens with zero attached hydrogens (tertiary/aromatic N) is 3. The molecule has 0 radical (unpaired) electrons. The molecule has 1 aliphatic carbocycles. The maximum atomic E-state index is 10.6. The van der Waals surface area contributed by atoms with E-state index in [1.165, 1.54) is 12.1 Å². The Bertz CT molecular complexity index is 475. The van der Waals surface area contributed by atoms with Crippen molar-refractivity contribution in [3.8, 4) is 6.07 Å². The van der Waals surface area contributed by atoms with Crippen molar-refractivity contribution >= 4 is 11.4 Å². The van der Waals surface area contributed by atoms with E-state index >= 15 is 0 Å². The Kier molecular flexibility index (Phi) is 2.49. The third-order valence-electron chi connectivity index (χ3n) is 2.79. The van der Waals surface area contributed by atoms with E-state index in [4.69, 9.17) is 5.26 Å². The van der Waals surface area contributed by atoms with E-state index in [-0.39, 0.29) is 5.69 Å². The van der Waals surface area contributed by atoms with Crippen LogP contribution in [-0.4, -0.2) is 18.0 Å². The molecule has 0 bridgehead atoms. The Labute approximate surface area is 93.1 Å². The monoisotopic (exact) mass is 217 g/mol. The van der Waals surface area contributed by atoms with E-state index < -0.39 is 4.92 Å². The lowest BCUT2D eigenvalue weighted by molar-refractivity contribution is -0.384. The molecule has 82 valence electrons. The van der Waals surface area contributed by atoms with Gasteiger partial charge in [-0.1, -0.05) is 0 Å². The Morgan fingerprint density at radius 1 is 1.56 bits per heavy atom. The van der Waals surface area contributed by atoms with Crippen LogP contribution in [0.25, 0.3) is 0 Å². The number of non-ortho nitro benzene ring substituents is 1. The van der Waals surface area contributed by atoms with Gasteiger partial charge in [0.2, 0.25) is 0 Å². The Balaban J connectivity index is 2.38. The number of anilines is 1. The summed E-state index contributed by atoms with van der Waals surface area (Å²) in [6.07, 6.45) is 2.25. The summed E-state index contributed by atoms with van der Waals surface area (Å²) in [5.41, 5.74) is 1.10. The van der Waals surface area contributed by atoms with Gasteiger partial charge in [-0.3, -0.25) is 10.1 Å². The second-order valence-corrected chi connectivity index (χ2v) is 3.91. The first-order valence-corrected chi connectivity index (χ1v) is 5.05. The van der Waals surface area contributed by atoms with Gasteiger partial charge < -0.3 is 4.90 Å². The zero-order chi connectivity index (χ0) is 11.7. The first kappa shape index (κ1) is 10.4. The van der Waals surface area contributed by atoms with E-state index in [1.807, 2.05) is 18.0 Å². The van der Waals surface area contributed by atoms with Gasteiger partial charge in [-0.2, -0.15) is 5.26 Å². The predicted octanol–water partition coefficient (Wildman–Crippen LogP) is 2.07. The van der Waals surface area contributed by atoms with E-state index in [0.29, 0.717) is 11.6 Å². The molecule has 0 aliphatic heterocycles. The second kappa shape index (κ2) is 3.81. The number of nitro benzene ring substituents is 1. The molecule has 0 aromatic heterocycles. The van der Waals surface area contributed by atoms with Crippen LogP contribution >= 0.6 is 0 Å². The minimum absolute atomic E-state index is 0.0375. The zero-order valence-corrected chi connectivity index (χ0v) is 8.88. The van der Waals surface area contributed by atoms with Crippen molar-refractivity contribution in [2.24, 2.45) is 0 Å². The maximum absolute atomic E-state index is 10.6. The van der Waals surface area contributed by atoms with Gasteiger partial charge in [-0.05, 0) is 18.9 Å². The van der Waals surface area contributed by atoms with E-state index in [1.54, 1.807) is 6.07 Å². The smallest absolute Gasteiger partial charge is 0.270 e. The molecule has 0 unspecified atom stereocenters. The van der Waals surface area contributed by atoms with Gasteiger partial charge in [0.05, 0.1) is 16.2 Å². The molecule has 2 rings (SSSR count). The molecular weight excluding hydrogens is 206 g/mol. The van der Waals surface area contributed by atoms with Gasteiger partial charge >= 0.3 is 0 Å². The first-order valence-electron chi connectivity index (χ1n) is 5.05. The zero-order valence-electron chi connectivity index (χ0n) is 8.88. The van der Waals surface area contributed by atoms with Crippen molar-refractivity contribution in [1.82, 2.24) is 0 Å². The fraction of sp³-hybridized carbons (Fsp3) is 0.364. The van der Waals surface area contributed by atoms with Gasteiger partial charge in [0.1, 0.15) is 6.07 Å². The highest BCUT2D eigenvalue weighted by atomic mass is 16.6. The molecular formula is C11H11N3O2. The molecule has 0 saturated heterocycles. The molecule has 5 heteroatoms. The minimum Gasteiger partial charge on any atom is -0.371 e. The summed E-state index contributed by atoms with van der Waals surface area (Å²) in [6.45, 7) is 0. The summed E-state index contributed by atoms with van der Waals surface area (Å²) in [6, 6.07) is 6.90. The summed E-state index contributed by atoms with van der Waals surface area (Å²) >= 11 is 0. The van der Waals surface area contributed by atoms with Crippen molar-refractivity contribution in [3.05, 3.63) is 33.9 Å². The molecule has 5 nitrogen and oxygen atoms in total. The number of hydrogen-bond donors (Lipinski definition) is 0. The van der Waals surface area contributed by atoms with E-state index in [0.717, 1.165) is 18.5 Å². The number of nitriles is 1. The van der Waals surface area contributed by atoms with Gasteiger partial charge in [0.15, 0.2) is 0 Å². The second-order valence-electron chi connectivity index (χ2n) is 3.91. The van der Waals surface area contributed by atoms with Gasteiger partial charge in [0, 0.05) is 25.2 Å². The maximum Gasteiger partial charge on any atom is 0.270 e. The van der Waals surface area contributed by atoms with Crippen LogP contribution in [0.5, 0.6) is 0 Å². The molecule has 1 aliphatic rings. The summed E-state index contributed by atoms with van der Waals surface area (Å²) < 4.78 is 0. The normalized spacial score (nSPS) is 14.2. The standard InChI is InChI=1S/C11H11N3O2/c1-13(9-2-3-9)11-5-4-10(14(15)16)6-8(11)7-12/h4-6,9H,2-3H2,1H3. The molecule has 0 heterocycles. The average molecular weight is 217 g/mol. The van der Waals surface area contributed by atoms with Crippen LogP contribution in [0.3, 0.4) is 0 Å². The summed E-state index contributed by atoms with van der Waals surface area (Å²) in [4.78, 5) is 12.1. The SMILES string of the molecule is CN(c1ccc([N+](=O)[O-])cc1C#N)C1CC1. The van der Waals surface area contributed by atoms with E-state index in [9.17, 15) is 10.1 Å². The van der Waals surface area contributed by atoms with Crippen LogP contribution in [0.2, 0.25) is 0 Å². The van der Waals surface area contributed by atoms with Crippen LogP contribution in [0.15, 0.2) is 18.2 Å². The molecule has 1 saturated carbocycles. The predicted molar refractivity (Wildman–Crippen MR) is 59.2 cm³/mol. The lowest BCUT2D eigenvalue weighted by Crippen LogP contribution is -2.20. The van der Waals surface area contributed by atoms with Gasteiger partial charge in [-0.15, -0.1) is 0 Å². The lowest BCUT2D eigenvalue weighted by Gasteiger charge is -2.19. The fourth-order valence-corrected chi connectivity index (χ4v) is 1.69. The summed E-state index contributed by atoms with van der Waals surface area (Å²) in [5.74, 6) is 0. The van der Waals surface area contributed by atoms with Gasteiger partial charge in [-0.25, -0.2) is 0 Å². The van der Waals surface area contributed by atoms with Crippen LogP contribution in [0, 0.1) is 21.4 Å². The summed E-state index contributed by atoms with van der Waals surface area (Å²) in [5, 5.41) is 19.6. The molecule has 0 N–H and O–H groups in total. The van der Waals surface area contributed by atoms with Crippen molar-refractivity contribution in [1.29, 1.82) is 5.26 Å². The number of benzene rings is 1. The van der Waals surface area contributed by atoms with Crippen molar-refractivity contribution in [3.63, 3.8) is 0 Å². The molecule has 0 spiro atoms. The molecule has 1 fully saturated rings. The average Bonchev–Trinajstić information content (AvgIpc) is 3.11. The van der Waals surface area contributed by atoms with Gasteiger partial charge in [0.25, 0.3) is 5.69 Å². The molecule has 16 heavy (non-hydrogen) atoms. The number of nitro groups is 1. The topological polar surface area (TPSA) is 70.2 Å².